The number of hydrogen-bond donors (Lipinski definition) is 1. The molecular formula is C25H38Cl2N2O4. The molecule has 186 valence electrons. The minimum Gasteiger partial charge on any atom is -0.497 e. The molecule has 1 unspecified atom stereocenters. The second-order valence-electron chi connectivity index (χ2n) is 9.06. The van der Waals surface area contributed by atoms with E-state index in [1.54, 1.807) is 14.2 Å². The molecule has 0 spiro atoms. The Morgan fingerprint density at radius 1 is 0.879 bits per heavy atom. The summed E-state index contributed by atoms with van der Waals surface area (Å²) in [5.74, 6) is 2.49. The molecule has 2 aromatic carbocycles. The minimum atomic E-state index is -0.539. The zero-order chi connectivity index (χ0) is 22.4. The van der Waals surface area contributed by atoms with Crippen LogP contribution in [0.5, 0.6) is 17.2 Å². The standard InChI is InChI=1S/C25H36N2O4.2ClH/c1-25(2,3)23-16-22(30-5)10-11-24(23)31-18-20(28)17-26-12-14-27(15-13-26)19-6-8-21(29-4)9-7-19;;/h6-11,16,20,28H,12-15,17-18H2,1-5H3;2*1H. The van der Waals surface area contributed by atoms with Crippen LogP contribution in [0, 0.1) is 0 Å². The number of rotatable bonds is 8. The molecule has 8 heteroatoms. The molecule has 6 nitrogen and oxygen atoms in total. The van der Waals surface area contributed by atoms with E-state index in [-0.39, 0.29) is 36.8 Å². The maximum atomic E-state index is 10.6. The number of aliphatic hydroxyl groups is 1. The number of methoxy groups -OCH3 is 2. The van der Waals surface area contributed by atoms with Gasteiger partial charge in [0, 0.05) is 44.0 Å². The van der Waals surface area contributed by atoms with E-state index < -0.39 is 6.10 Å². The summed E-state index contributed by atoms with van der Waals surface area (Å²) in [5, 5.41) is 10.6. The molecule has 1 heterocycles. The van der Waals surface area contributed by atoms with Crippen molar-refractivity contribution >= 4 is 30.5 Å². The fourth-order valence-corrected chi connectivity index (χ4v) is 3.87. The number of piperazine rings is 1. The molecule has 1 saturated heterocycles. The Bertz CT molecular complexity index is 835. The van der Waals surface area contributed by atoms with Crippen molar-refractivity contribution in [1.29, 1.82) is 0 Å². The lowest BCUT2D eigenvalue weighted by atomic mass is 9.86. The lowest BCUT2D eigenvalue weighted by molar-refractivity contribution is 0.0656. The summed E-state index contributed by atoms with van der Waals surface area (Å²) in [6.07, 6.45) is -0.539. The highest BCUT2D eigenvalue weighted by Gasteiger charge is 2.22. The van der Waals surface area contributed by atoms with Crippen molar-refractivity contribution in [3.8, 4) is 17.2 Å². The van der Waals surface area contributed by atoms with E-state index in [1.165, 1.54) is 5.69 Å². The van der Waals surface area contributed by atoms with Gasteiger partial charge in [-0.05, 0) is 47.9 Å². The first kappa shape index (κ1) is 29.2. The highest BCUT2D eigenvalue weighted by Crippen LogP contribution is 2.34. The maximum absolute atomic E-state index is 10.6. The third-order valence-electron chi connectivity index (χ3n) is 5.70. The molecular weight excluding hydrogens is 463 g/mol. The van der Waals surface area contributed by atoms with Gasteiger partial charge in [0.1, 0.15) is 30.0 Å². The average Bonchev–Trinajstić information content (AvgIpc) is 2.77. The number of benzene rings is 2. The maximum Gasteiger partial charge on any atom is 0.123 e. The largest absolute Gasteiger partial charge is 0.497 e. The van der Waals surface area contributed by atoms with E-state index in [4.69, 9.17) is 14.2 Å². The SMILES string of the molecule is COc1ccc(N2CCN(CC(O)COc3ccc(OC)cc3C(C)(C)C)CC2)cc1.Cl.Cl. The first-order valence-corrected chi connectivity index (χ1v) is 10.9. The number of anilines is 1. The number of nitrogens with zero attached hydrogens (tertiary/aromatic N) is 2. The van der Waals surface area contributed by atoms with E-state index >= 15 is 0 Å². The van der Waals surface area contributed by atoms with Gasteiger partial charge in [0.05, 0.1) is 14.2 Å². The van der Waals surface area contributed by atoms with Crippen molar-refractivity contribution in [3.63, 3.8) is 0 Å². The van der Waals surface area contributed by atoms with E-state index in [1.807, 2.05) is 30.3 Å². The molecule has 3 rings (SSSR count). The topological polar surface area (TPSA) is 54.4 Å². The summed E-state index contributed by atoms with van der Waals surface area (Å²) in [6, 6.07) is 14.0. The van der Waals surface area contributed by atoms with Crippen molar-refractivity contribution in [2.45, 2.75) is 32.3 Å². The van der Waals surface area contributed by atoms with Crippen LogP contribution in [0.1, 0.15) is 26.3 Å². The second kappa shape index (κ2) is 13.1. The summed E-state index contributed by atoms with van der Waals surface area (Å²) in [7, 11) is 3.35. The smallest absolute Gasteiger partial charge is 0.123 e. The number of β-amino-alcohol motifs (C(OH)–C–C–N with tert-alkyl or cyclic N) is 1. The minimum absolute atomic E-state index is 0. The Hall–Kier alpha value is -1.86. The summed E-state index contributed by atoms with van der Waals surface area (Å²) >= 11 is 0. The van der Waals surface area contributed by atoms with Gasteiger partial charge in [-0.2, -0.15) is 0 Å². The number of ether oxygens (including phenoxy) is 3. The van der Waals surface area contributed by atoms with E-state index in [9.17, 15) is 5.11 Å². The Morgan fingerprint density at radius 3 is 2.00 bits per heavy atom. The molecule has 1 fully saturated rings. The Morgan fingerprint density at radius 2 is 1.45 bits per heavy atom. The van der Waals surface area contributed by atoms with Gasteiger partial charge >= 0.3 is 0 Å². The molecule has 0 aliphatic carbocycles. The van der Waals surface area contributed by atoms with Gasteiger partial charge in [-0.3, -0.25) is 4.90 Å². The third-order valence-corrected chi connectivity index (χ3v) is 5.70. The van der Waals surface area contributed by atoms with Crippen LogP contribution in [0.4, 0.5) is 5.69 Å². The van der Waals surface area contributed by atoms with Gasteiger partial charge in [-0.25, -0.2) is 0 Å². The van der Waals surface area contributed by atoms with Gasteiger partial charge < -0.3 is 24.2 Å². The van der Waals surface area contributed by atoms with Crippen LogP contribution in [0.2, 0.25) is 0 Å². The monoisotopic (exact) mass is 500 g/mol. The Labute approximate surface area is 210 Å². The molecule has 2 aromatic rings. The van der Waals surface area contributed by atoms with Gasteiger partial charge in [-0.15, -0.1) is 24.8 Å². The van der Waals surface area contributed by atoms with Gasteiger partial charge in [0.2, 0.25) is 0 Å². The second-order valence-corrected chi connectivity index (χ2v) is 9.06. The highest BCUT2D eigenvalue weighted by molar-refractivity contribution is 5.85. The van der Waals surface area contributed by atoms with E-state index in [0.717, 1.165) is 49.0 Å². The van der Waals surface area contributed by atoms with Crippen LogP contribution in [-0.4, -0.2) is 69.7 Å². The summed E-state index contributed by atoms with van der Waals surface area (Å²) in [6.45, 7) is 11.0. The molecule has 0 aromatic heterocycles. The molecule has 0 saturated carbocycles. The van der Waals surface area contributed by atoms with Crippen molar-refractivity contribution in [2.75, 3.05) is 58.5 Å². The van der Waals surface area contributed by atoms with Crippen molar-refractivity contribution < 1.29 is 19.3 Å². The average molecular weight is 501 g/mol. The summed E-state index contributed by atoms with van der Waals surface area (Å²) in [4.78, 5) is 4.67. The molecule has 0 bridgehead atoms. The third kappa shape index (κ3) is 8.14. The summed E-state index contributed by atoms with van der Waals surface area (Å²) < 4.78 is 16.6. The summed E-state index contributed by atoms with van der Waals surface area (Å²) in [5.41, 5.74) is 2.21. The zero-order valence-corrected chi connectivity index (χ0v) is 21.9. The first-order valence-electron chi connectivity index (χ1n) is 10.9. The molecule has 1 atom stereocenters. The van der Waals surface area contributed by atoms with Crippen molar-refractivity contribution in [1.82, 2.24) is 4.90 Å². The van der Waals surface area contributed by atoms with Gasteiger partial charge in [0.25, 0.3) is 0 Å². The van der Waals surface area contributed by atoms with Gasteiger partial charge in [-0.1, -0.05) is 20.8 Å². The Balaban J connectivity index is 0.00000272. The van der Waals surface area contributed by atoms with Crippen LogP contribution >= 0.6 is 24.8 Å². The lowest BCUT2D eigenvalue weighted by Gasteiger charge is -2.37. The lowest BCUT2D eigenvalue weighted by Crippen LogP contribution is -2.49. The van der Waals surface area contributed by atoms with Crippen LogP contribution in [0.3, 0.4) is 0 Å². The molecule has 33 heavy (non-hydrogen) atoms. The van der Waals surface area contributed by atoms with Crippen molar-refractivity contribution in [2.24, 2.45) is 0 Å². The van der Waals surface area contributed by atoms with E-state index in [2.05, 4.69) is 42.7 Å². The van der Waals surface area contributed by atoms with Crippen LogP contribution < -0.4 is 19.1 Å². The molecule has 1 N–H and O–H groups in total. The van der Waals surface area contributed by atoms with Crippen LogP contribution in [-0.2, 0) is 5.41 Å². The molecule has 0 radical (unpaired) electrons. The fourth-order valence-electron chi connectivity index (χ4n) is 3.87. The predicted octanol–water partition coefficient (Wildman–Crippen LogP) is 4.41. The quantitative estimate of drug-likeness (QED) is 0.579. The zero-order valence-electron chi connectivity index (χ0n) is 20.2. The number of aliphatic hydroxyl groups excluding tert-OH is 1. The highest BCUT2D eigenvalue weighted by atomic mass is 35.5. The van der Waals surface area contributed by atoms with Crippen molar-refractivity contribution in [3.05, 3.63) is 48.0 Å². The molecule has 0 amide bonds. The fraction of sp³-hybridized carbons (Fsp3) is 0.520. The molecule has 1 aliphatic rings. The Kier molecular flexibility index (Phi) is 11.6. The van der Waals surface area contributed by atoms with Crippen LogP contribution in [0.15, 0.2) is 42.5 Å². The number of hydrogen-bond acceptors (Lipinski definition) is 6. The van der Waals surface area contributed by atoms with Gasteiger partial charge in [0.15, 0.2) is 0 Å². The van der Waals surface area contributed by atoms with E-state index in [0.29, 0.717) is 6.54 Å². The van der Waals surface area contributed by atoms with Crippen LogP contribution in [0.25, 0.3) is 0 Å². The normalized spacial score (nSPS) is 15.2. The predicted molar refractivity (Wildman–Crippen MR) is 139 cm³/mol. The molecule has 1 aliphatic heterocycles. The number of halogens is 2. The first-order chi connectivity index (χ1) is 14.8.